The lowest BCUT2D eigenvalue weighted by Gasteiger charge is -2.21. The van der Waals surface area contributed by atoms with Crippen LogP contribution >= 0.6 is 0 Å². The topological polar surface area (TPSA) is 87.7 Å². The third-order valence-electron chi connectivity index (χ3n) is 5.38. The normalized spacial score (nSPS) is 11.4. The fraction of sp³-hybridized carbons (Fsp3) is 0.708. The predicted molar refractivity (Wildman–Crippen MR) is 134 cm³/mol. The van der Waals surface area contributed by atoms with E-state index in [2.05, 4.69) is 17.0 Å². The van der Waals surface area contributed by atoms with Gasteiger partial charge in [0.2, 0.25) is 15.9 Å². The molecule has 0 aliphatic carbocycles. The van der Waals surface area contributed by atoms with E-state index in [1.165, 1.54) is 51.9 Å². The molecule has 0 fully saturated rings. The molecule has 0 spiro atoms. The number of ether oxygens (including phenoxy) is 1. The molecule has 1 amide bonds. The summed E-state index contributed by atoms with van der Waals surface area (Å²) < 4.78 is 33.7. The second-order valence-electron chi connectivity index (χ2n) is 8.19. The molecule has 0 heterocycles. The highest BCUT2D eigenvalue weighted by Crippen LogP contribution is 2.31. The van der Waals surface area contributed by atoms with Crippen LogP contribution in [0, 0.1) is 0 Å². The first-order valence-corrected chi connectivity index (χ1v) is 13.7. The van der Waals surface area contributed by atoms with Crippen molar-refractivity contribution in [3.8, 4) is 5.75 Å². The average Bonchev–Trinajstić information content (AvgIpc) is 2.74. The van der Waals surface area contributed by atoms with Crippen molar-refractivity contribution in [3.05, 3.63) is 18.2 Å². The summed E-state index contributed by atoms with van der Waals surface area (Å²) in [6.45, 7) is 6.33. The number of carbonyl (C=O) groups is 1. The lowest BCUT2D eigenvalue weighted by molar-refractivity contribution is -0.116. The first-order chi connectivity index (χ1) is 15.3. The van der Waals surface area contributed by atoms with Crippen molar-refractivity contribution in [2.24, 2.45) is 0 Å². The van der Waals surface area contributed by atoms with E-state index < -0.39 is 10.0 Å². The van der Waals surface area contributed by atoms with Gasteiger partial charge in [-0.1, -0.05) is 64.7 Å². The summed E-state index contributed by atoms with van der Waals surface area (Å²) in [7, 11) is -1.77. The van der Waals surface area contributed by atoms with Crippen LogP contribution in [0.15, 0.2) is 18.2 Å². The van der Waals surface area contributed by atoms with Gasteiger partial charge in [-0.3, -0.25) is 14.8 Å². The maximum atomic E-state index is 12.7. The van der Waals surface area contributed by atoms with E-state index >= 15 is 0 Å². The van der Waals surface area contributed by atoms with Crippen LogP contribution in [0.25, 0.3) is 0 Å². The van der Waals surface area contributed by atoms with Gasteiger partial charge in [-0.15, -0.1) is 0 Å². The zero-order valence-corrected chi connectivity index (χ0v) is 21.2. The summed E-state index contributed by atoms with van der Waals surface area (Å²) in [6, 6.07) is 5.11. The molecule has 0 saturated carbocycles. The number of nitrogens with one attached hydrogen (secondary N) is 2. The Balaban J connectivity index is 2.61. The molecule has 7 nitrogen and oxygen atoms in total. The zero-order chi connectivity index (χ0) is 23.8. The van der Waals surface area contributed by atoms with Crippen LogP contribution in [-0.4, -0.2) is 40.4 Å². The van der Waals surface area contributed by atoms with Gasteiger partial charge in [0.05, 0.1) is 11.4 Å². The van der Waals surface area contributed by atoms with Crippen molar-refractivity contribution in [1.82, 2.24) is 5.32 Å². The smallest absolute Gasteiger partial charge is 0.232 e. The molecule has 0 aliphatic rings. The molecule has 2 N–H and O–H groups in total. The minimum atomic E-state index is -3.51. The lowest BCUT2D eigenvalue weighted by atomic mass is 10.1. The van der Waals surface area contributed by atoms with Crippen molar-refractivity contribution in [1.29, 1.82) is 0 Å². The highest BCUT2D eigenvalue weighted by molar-refractivity contribution is 7.92. The largest absolute Gasteiger partial charge is 0.476 e. The molecule has 0 unspecified atom stereocenters. The van der Waals surface area contributed by atoms with Crippen molar-refractivity contribution in [3.63, 3.8) is 0 Å². The number of unbranched alkanes of at least 4 members (excludes halogenated alkanes) is 9. The highest BCUT2D eigenvalue weighted by Gasteiger charge is 2.17. The van der Waals surface area contributed by atoms with Gasteiger partial charge >= 0.3 is 0 Å². The molecule has 0 saturated heterocycles. The Morgan fingerprint density at radius 3 is 2.09 bits per heavy atom. The van der Waals surface area contributed by atoms with Crippen molar-refractivity contribution < 1.29 is 17.9 Å². The molecule has 0 radical (unpaired) electrons. The zero-order valence-electron chi connectivity index (χ0n) is 20.4. The molecule has 0 aromatic heterocycles. The molecule has 0 bridgehead atoms. The van der Waals surface area contributed by atoms with E-state index in [9.17, 15) is 13.2 Å². The van der Waals surface area contributed by atoms with E-state index in [0.29, 0.717) is 30.1 Å². The first kappa shape index (κ1) is 28.2. The average molecular weight is 470 g/mol. The summed E-state index contributed by atoms with van der Waals surface area (Å²) in [4.78, 5) is 13.5. The van der Waals surface area contributed by atoms with E-state index in [-0.39, 0.29) is 18.4 Å². The van der Waals surface area contributed by atoms with Gasteiger partial charge in [-0.05, 0) is 38.6 Å². The lowest BCUT2D eigenvalue weighted by Crippen LogP contribution is -2.28. The van der Waals surface area contributed by atoms with Crippen LogP contribution < -0.4 is 19.7 Å². The van der Waals surface area contributed by atoms with Crippen molar-refractivity contribution in [2.75, 3.05) is 35.7 Å². The monoisotopic (exact) mass is 469 g/mol. The molecule has 8 heteroatoms. The fourth-order valence-electron chi connectivity index (χ4n) is 3.63. The second-order valence-corrected chi connectivity index (χ2v) is 10.0. The number of anilines is 2. The molecule has 32 heavy (non-hydrogen) atoms. The number of rotatable bonds is 18. The number of sulfonamides is 1. The maximum absolute atomic E-state index is 12.7. The van der Waals surface area contributed by atoms with Gasteiger partial charge in [0, 0.05) is 19.2 Å². The van der Waals surface area contributed by atoms with E-state index in [4.69, 9.17) is 4.74 Å². The highest BCUT2D eigenvalue weighted by atomic mass is 32.2. The Bertz CT molecular complexity index is 769. The fourth-order valence-corrected chi connectivity index (χ4v) is 4.81. The van der Waals surface area contributed by atoms with E-state index in [1.807, 2.05) is 6.92 Å². The van der Waals surface area contributed by atoms with Crippen LogP contribution in [0.4, 0.5) is 11.4 Å². The molecule has 1 aromatic rings. The van der Waals surface area contributed by atoms with Crippen LogP contribution in [0.5, 0.6) is 5.75 Å². The SMILES string of the molecule is CCCCCCCCCCCCS(=O)(=O)Nc1cc(N(CC)C(C)=O)ccc1OCNC. The minimum absolute atomic E-state index is 0.0728. The number of hydrogen-bond donors (Lipinski definition) is 2. The number of benzene rings is 1. The standard InChI is InChI=1S/C24H43N3O4S/c1-5-7-8-9-10-11-12-13-14-15-18-32(29,30)26-23-19-22(27(6-2)21(3)28)16-17-24(23)31-20-25-4/h16-17,19,25-26H,5-15,18,20H2,1-4H3. The van der Waals surface area contributed by atoms with Crippen LogP contribution in [0.3, 0.4) is 0 Å². The quantitative estimate of drug-likeness (QED) is 0.226. The number of nitrogens with zero attached hydrogens (tertiary/aromatic N) is 1. The molecular weight excluding hydrogens is 426 g/mol. The Labute approximate surface area is 195 Å². The number of amides is 1. The van der Waals surface area contributed by atoms with Gasteiger partial charge in [0.25, 0.3) is 0 Å². The van der Waals surface area contributed by atoms with Crippen molar-refractivity contribution in [2.45, 2.75) is 85.0 Å². The third kappa shape index (κ3) is 11.2. The molecule has 184 valence electrons. The summed E-state index contributed by atoms with van der Waals surface area (Å²) in [5.41, 5.74) is 0.984. The van der Waals surface area contributed by atoms with Gasteiger partial charge < -0.3 is 9.64 Å². The summed E-state index contributed by atoms with van der Waals surface area (Å²) in [5.74, 6) is 0.397. The van der Waals surface area contributed by atoms with Crippen LogP contribution in [-0.2, 0) is 14.8 Å². The summed E-state index contributed by atoms with van der Waals surface area (Å²) in [6.07, 6.45) is 11.5. The van der Waals surface area contributed by atoms with Crippen LogP contribution in [0.1, 0.15) is 85.0 Å². The van der Waals surface area contributed by atoms with E-state index in [1.54, 1.807) is 30.1 Å². The molecule has 0 aliphatic heterocycles. The molecule has 1 aromatic carbocycles. The van der Waals surface area contributed by atoms with E-state index in [0.717, 1.165) is 12.8 Å². The summed E-state index contributed by atoms with van der Waals surface area (Å²) >= 11 is 0. The first-order valence-electron chi connectivity index (χ1n) is 12.0. The molecular formula is C24H43N3O4S. The summed E-state index contributed by atoms with van der Waals surface area (Å²) in [5, 5.41) is 2.88. The van der Waals surface area contributed by atoms with Gasteiger partial charge in [0.1, 0.15) is 12.5 Å². The maximum Gasteiger partial charge on any atom is 0.232 e. The Morgan fingerprint density at radius 2 is 1.56 bits per heavy atom. The minimum Gasteiger partial charge on any atom is -0.476 e. The second kappa shape index (κ2) is 15.9. The predicted octanol–water partition coefficient (Wildman–Crippen LogP) is 5.28. The number of hydrogen-bond acceptors (Lipinski definition) is 5. The van der Waals surface area contributed by atoms with Crippen molar-refractivity contribution >= 4 is 27.3 Å². The Kier molecular flexibility index (Phi) is 14.0. The van der Waals surface area contributed by atoms with Crippen LogP contribution in [0.2, 0.25) is 0 Å². The number of carbonyl (C=O) groups excluding carboxylic acids is 1. The Hall–Kier alpha value is -1.80. The third-order valence-corrected chi connectivity index (χ3v) is 6.73. The molecule has 1 rings (SSSR count). The van der Waals surface area contributed by atoms with Gasteiger partial charge in [-0.25, -0.2) is 8.42 Å². The van der Waals surface area contributed by atoms with Gasteiger partial charge in [0.15, 0.2) is 0 Å². The molecule has 0 atom stereocenters. The van der Waals surface area contributed by atoms with Gasteiger partial charge in [-0.2, -0.15) is 0 Å². The Morgan fingerprint density at radius 1 is 0.969 bits per heavy atom.